The summed E-state index contributed by atoms with van der Waals surface area (Å²) in [6, 6.07) is 20.4. The van der Waals surface area contributed by atoms with E-state index in [1.807, 2.05) is 6.07 Å². The second-order valence-corrected chi connectivity index (χ2v) is 7.96. The molecule has 0 aliphatic heterocycles. The van der Waals surface area contributed by atoms with E-state index in [0.717, 1.165) is 5.56 Å². The third kappa shape index (κ3) is 3.67. The van der Waals surface area contributed by atoms with Gasteiger partial charge in [-0.3, -0.25) is 4.72 Å². The maximum Gasteiger partial charge on any atom is 0.266 e. The van der Waals surface area contributed by atoms with Crippen molar-refractivity contribution < 1.29 is 21.6 Å². The van der Waals surface area contributed by atoms with Crippen molar-refractivity contribution in [2.75, 3.05) is 4.72 Å². The highest BCUT2D eigenvalue weighted by Crippen LogP contribution is 2.28. The molecule has 9 heteroatoms. The van der Waals surface area contributed by atoms with E-state index in [1.165, 1.54) is 10.7 Å². The molecule has 0 unspecified atom stereocenters. The zero-order chi connectivity index (χ0) is 21.3. The Morgan fingerprint density at radius 3 is 2.10 bits per heavy atom. The second-order valence-electron chi connectivity index (χ2n) is 6.31. The Morgan fingerprint density at radius 1 is 0.800 bits per heavy atom. The molecule has 4 rings (SSSR count). The molecule has 1 aromatic heterocycles. The van der Waals surface area contributed by atoms with Crippen LogP contribution in [-0.2, 0) is 10.0 Å². The number of sulfonamides is 1. The van der Waals surface area contributed by atoms with Crippen LogP contribution in [0.4, 0.5) is 19.0 Å². The standard InChI is InChI=1S/C21H14F3N3O2S/c22-16-11-12-18(21(24)20(16)23)30(28,29)26-19-13-17(14-7-3-1-4-8-14)25-27(19)15-9-5-2-6-10-15/h1-13,26H. The summed E-state index contributed by atoms with van der Waals surface area (Å²) in [5.41, 5.74) is 1.73. The summed E-state index contributed by atoms with van der Waals surface area (Å²) in [5, 5.41) is 4.44. The van der Waals surface area contributed by atoms with E-state index >= 15 is 0 Å². The highest BCUT2D eigenvalue weighted by molar-refractivity contribution is 7.92. The van der Waals surface area contributed by atoms with Crippen LogP contribution in [0, 0.1) is 17.5 Å². The van der Waals surface area contributed by atoms with Crippen molar-refractivity contribution in [2.24, 2.45) is 0 Å². The van der Waals surface area contributed by atoms with Crippen LogP contribution in [0.3, 0.4) is 0 Å². The van der Waals surface area contributed by atoms with Crippen molar-refractivity contribution in [3.05, 3.63) is 96.3 Å². The molecule has 0 saturated heterocycles. The number of anilines is 1. The fourth-order valence-electron chi connectivity index (χ4n) is 2.88. The number of rotatable bonds is 5. The second kappa shape index (κ2) is 7.68. The molecule has 4 aromatic rings. The molecule has 1 heterocycles. The lowest BCUT2D eigenvalue weighted by Crippen LogP contribution is -2.18. The van der Waals surface area contributed by atoms with Crippen LogP contribution in [0.25, 0.3) is 16.9 Å². The summed E-state index contributed by atoms with van der Waals surface area (Å²) in [5.74, 6) is -5.13. The summed E-state index contributed by atoms with van der Waals surface area (Å²) < 4.78 is 69.9. The first-order valence-electron chi connectivity index (χ1n) is 8.74. The van der Waals surface area contributed by atoms with Gasteiger partial charge in [-0.15, -0.1) is 0 Å². The van der Waals surface area contributed by atoms with Gasteiger partial charge in [-0.05, 0) is 24.3 Å². The van der Waals surface area contributed by atoms with Gasteiger partial charge in [0.15, 0.2) is 17.5 Å². The van der Waals surface area contributed by atoms with Crippen LogP contribution in [0.15, 0.2) is 83.8 Å². The summed E-state index contributed by atoms with van der Waals surface area (Å²) in [7, 11) is -4.58. The van der Waals surface area contributed by atoms with Crippen molar-refractivity contribution in [1.29, 1.82) is 0 Å². The van der Waals surface area contributed by atoms with Crippen LogP contribution in [0.5, 0.6) is 0 Å². The number of para-hydroxylation sites is 1. The van der Waals surface area contributed by atoms with Crippen LogP contribution < -0.4 is 4.72 Å². The summed E-state index contributed by atoms with van der Waals surface area (Å²) >= 11 is 0. The first-order chi connectivity index (χ1) is 14.4. The molecule has 152 valence electrons. The van der Waals surface area contributed by atoms with Gasteiger partial charge in [0.2, 0.25) is 0 Å². The number of benzene rings is 3. The molecule has 0 amide bonds. The lowest BCUT2D eigenvalue weighted by molar-refractivity contribution is 0.432. The van der Waals surface area contributed by atoms with Gasteiger partial charge in [0.25, 0.3) is 10.0 Å². The fraction of sp³-hybridized carbons (Fsp3) is 0. The number of nitrogens with zero attached hydrogens (tertiary/aromatic N) is 2. The van der Waals surface area contributed by atoms with E-state index in [-0.39, 0.29) is 5.82 Å². The molecule has 3 aromatic carbocycles. The SMILES string of the molecule is O=S(=O)(Nc1cc(-c2ccccc2)nn1-c1ccccc1)c1ccc(F)c(F)c1F. The Hall–Kier alpha value is -3.59. The topological polar surface area (TPSA) is 64.0 Å². The van der Waals surface area contributed by atoms with E-state index in [9.17, 15) is 21.6 Å². The highest BCUT2D eigenvalue weighted by Gasteiger charge is 2.26. The van der Waals surface area contributed by atoms with Crippen molar-refractivity contribution in [3.8, 4) is 16.9 Å². The normalized spacial score (nSPS) is 11.4. The Balaban J connectivity index is 1.82. The predicted molar refractivity (Wildman–Crippen MR) is 106 cm³/mol. The van der Waals surface area contributed by atoms with Gasteiger partial charge < -0.3 is 0 Å². The Kier molecular flexibility index (Phi) is 5.04. The van der Waals surface area contributed by atoms with Gasteiger partial charge in [0, 0.05) is 11.6 Å². The van der Waals surface area contributed by atoms with Gasteiger partial charge >= 0.3 is 0 Å². The number of hydrogen-bond acceptors (Lipinski definition) is 3. The smallest absolute Gasteiger partial charge is 0.263 e. The molecular weight excluding hydrogens is 415 g/mol. The first-order valence-corrected chi connectivity index (χ1v) is 10.2. The maximum absolute atomic E-state index is 14.1. The van der Waals surface area contributed by atoms with Crippen molar-refractivity contribution in [2.45, 2.75) is 4.90 Å². The fourth-order valence-corrected chi connectivity index (χ4v) is 3.98. The lowest BCUT2D eigenvalue weighted by atomic mass is 10.2. The van der Waals surface area contributed by atoms with Crippen molar-refractivity contribution in [1.82, 2.24) is 9.78 Å². The quantitative estimate of drug-likeness (QED) is 0.466. The average molecular weight is 429 g/mol. The minimum absolute atomic E-state index is 0.00388. The van der Waals surface area contributed by atoms with E-state index in [2.05, 4.69) is 9.82 Å². The molecule has 1 N–H and O–H groups in total. The molecule has 0 atom stereocenters. The van der Waals surface area contributed by atoms with E-state index in [1.54, 1.807) is 54.6 Å². The maximum atomic E-state index is 14.1. The Morgan fingerprint density at radius 2 is 1.43 bits per heavy atom. The van der Waals surface area contributed by atoms with Gasteiger partial charge in [-0.25, -0.2) is 26.3 Å². The molecule has 0 spiro atoms. The highest BCUT2D eigenvalue weighted by atomic mass is 32.2. The minimum Gasteiger partial charge on any atom is -0.263 e. The summed E-state index contributed by atoms with van der Waals surface area (Å²) in [6.07, 6.45) is 0. The summed E-state index contributed by atoms with van der Waals surface area (Å²) in [6.45, 7) is 0. The van der Waals surface area contributed by atoms with Crippen LogP contribution in [0.2, 0.25) is 0 Å². The van der Waals surface area contributed by atoms with E-state index in [0.29, 0.717) is 23.5 Å². The Bertz CT molecular complexity index is 1310. The lowest BCUT2D eigenvalue weighted by Gasteiger charge is -2.11. The van der Waals surface area contributed by atoms with Gasteiger partial charge in [-0.2, -0.15) is 5.10 Å². The van der Waals surface area contributed by atoms with Gasteiger partial charge in [-0.1, -0.05) is 48.5 Å². The third-order valence-corrected chi connectivity index (χ3v) is 5.68. The molecule has 0 bridgehead atoms. The molecule has 0 aliphatic carbocycles. The minimum atomic E-state index is -4.58. The van der Waals surface area contributed by atoms with Crippen molar-refractivity contribution >= 4 is 15.8 Å². The third-order valence-electron chi connectivity index (χ3n) is 4.31. The van der Waals surface area contributed by atoms with Gasteiger partial charge in [0.05, 0.1) is 11.4 Å². The van der Waals surface area contributed by atoms with Crippen LogP contribution in [0.1, 0.15) is 0 Å². The molecule has 0 radical (unpaired) electrons. The number of nitrogens with one attached hydrogen (secondary N) is 1. The number of aromatic nitrogens is 2. The molecule has 0 saturated carbocycles. The zero-order valence-electron chi connectivity index (χ0n) is 15.3. The van der Waals surface area contributed by atoms with Gasteiger partial charge in [0.1, 0.15) is 10.7 Å². The average Bonchev–Trinajstić information content (AvgIpc) is 3.16. The molecule has 30 heavy (non-hydrogen) atoms. The predicted octanol–water partition coefficient (Wildman–Crippen LogP) is 4.76. The molecule has 0 fully saturated rings. The first kappa shape index (κ1) is 19.7. The van der Waals surface area contributed by atoms with Crippen LogP contribution in [-0.4, -0.2) is 18.2 Å². The summed E-state index contributed by atoms with van der Waals surface area (Å²) in [4.78, 5) is -1.01. The monoisotopic (exact) mass is 429 g/mol. The molecular formula is C21H14F3N3O2S. The Labute approximate surface area is 170 Å². The van der Waals surface area contributed by atoms with E-state index in [4.69, 9.17) is 0 Å². The number of halogens is 3. The molecule has 5 nitrogen and oxygen atoms in total. The molecule has 0 aliphatic rings. The number of hydrogen-bond donors (Lipinski definition) is 1. The zero-order valence-corrected chi connectivity index (χ0v) is 16.1. The van der Waals surface area contributed by atoms with Crippen LogP contribution >= 0.6 is 0 Å². The van der Waals surface area contributed by atoms with E-state index < -0.39 is 32.4 Å². The van der Waals surface area contributed by atoms with Crippen molar-refractivity contribution in [3.63, 3.8) is 0 Å². The largest absolute Gasteiger partial charge is 0.266 e.